The summed E-state index contributed by atoms with van der Waals surface area (Å²) in [6, 6.07) is 16.4. The molecular weight excluding hydrogens is 286 g/mol. The maximum atomic E-state index is 5.98. The molecule has 2 aromatic carbocycles. The van der Waals surface area contributed by atoms with E-state index in [9.17, 15) is 0 Å². The highest BCUT2D eigenvalue weighted by atomic mass is 16.5. The first kappa shape index (κ1) is 17.0. The highest BCUT2D eigenvalue weighted by molar-refractivity contribution is 5.92. The molecule has 0 aliphatic rings. The molecular formula is C19H25N3O. The van der Waals surface area contributed by atoms with E-state index in [-0.39, 0.29) is 0 Å². The van der Waals surface area contributed by atoms with Gasteiger partial charge in [0.05, 0.1) is 13.2 Å². The smallest absolute Gasteiger partial charge is 0.193 e. The van der Waals surface area contributed by atoms with Crippen LogP contribution in [0.25, 0.3) is 0 Å². The zero-order chi connectivity index (χ0) is 16.5. The van der Waals surface area contributed by atoms with Crippen molar-refractivity contribution in [3.63, 3.8) is 0 Å². The monoisotopic (exact) mass is 311 g/mol. The first-order valence-electron chi connectivity index (χ1n) is 8.03. The molecule has 4 nitrogen and oxygen atoms in total. The van der Waals surface area contributed by atoms with Gasteiger partial charge in [-0.05, 0) is 42.2 Å². The predicted octanol–water partition coefficient (Wildman–Crippen LogP) is 3.71. The van der Waals surface area contributed by atoms with Crippen molar-refractivity contribution in [1.29, 1.82) is 0 Å². The molecule has 4 heteroatoms. The van der Waals surface area contributed by atoms with E-state index in [2.05, 4.69) is 41.5 Å². The van der Waals surface area contributed by atoms with Crippen LogP contribution >= 0.6 is 0 Å². The SMILES string of the molecule is CCOCc1ccccc1CN=C(N)Nc1ccc(CC)cc1. The van der Waals surface area contributed by atoms with E-state index in [1.54, 1.807) is 0 Å². The number of nitrogens with two attached hydrogens (primary N) is 1. The molecule has 23 heavy (non-hydrogen) atoms. The van der Waals surface area contributed by atoms with Gasteiger partial charge in [-0.3, -0.25) is 0 Å². The molecule has 0 atom stereocenters. The van der Waals surface area contributed by atoms with E-state index in [1.165, 1.54) is 5.56 Å². The molecule has 3 N–H and O–H groups in total. The fraction of sp³-hybridized carbons (Fsp3) is 0.316. The van der Waals surface area contributed by atoms with Crippen molar-refractivity contribution in [3.8, 4) is 0 Å². The van der Waals surface area contributed by atoms with Crippen LogP contribution in [-0.4, -0.2) is 12.6 Å². The van der Waals surface area contributed by atoms with E-state index in [0.717, 1.165) is 23.2 Å². The highest BCUT2D eigenvalue weighted by Crippen LogP contribution is 2.12. The van der Waals surface area contributed by atoms with Gasteiger partial charge in [-0.15, -0.1) is 0 Å². The van der Waals surface area contributed by atoms with Crippen LogP contribution in [0.3, 0.4) is 0 Å². The van der Waals surface area contributed by atoms with E-state index in [4.69, 9.17) is 10.5 Å². The second-order valence-electron chi connectivity index (χ2n) is 5.28. The van der Waals surface area contributed by atoms with E-state index >= 15 is 0 Å². The fourth-order valence-electron chi connectivity index (χ4n) is 2.25. The van der Waals surface area contributed by atoms with Gasteiger partial charge < -0.3 is 15.8 Å². The van der Waals surface area contributed by atoms with Gasteiger partial charge in [-0.1, -0.05) is 43.3 Å². The van der Waals surface area contributed by atoms with E-state index < -0.39 is 0 Å². The number of rotatable bonds is 7. The fourth-order valence-corrected chi connectivity index (χ4v) is 2.25. The number of guanidine groups is 1. The highest BCUT2D eigenvalue weighted by Gasteiger charge is 2.02. The Morgan fingerprint density at radius 3 is 2.39 bits per heavy atom. The number of hydrogen-bond donors (Lipinski definition) is 2. The lowest BCUT2D eigenvalue weighted by Gasteiger charge is -2.09. The first-order valence-corrected chi connectivity index (χ1v) is 8.03. The normalized spacial score (nSPS) is 11.5. The molecule has 0 aromatic heterocycles. The molecule has 0 radical (unpaired) electrons. The van der Waals surface area contributed by atoms with Crippen LogP contribution in [0.1, 0.15) is 30.5 Å². The van der Waals surface area contributed by atoms with Crippen LogP contribution in [0.4, 0.5) is 5.69 Å². The molecule has 0 saturated carbocycles. The average molecular weight is 311 g/mol. The third kappa shape index (κ3) is 5.42. The molecule has 0 saturated heterocycles. The van der Waals surface area contributed by atoms with E-state index in [0.29, 0.717) is 25.7 Å². The maximum absolute atomic E-state index is 5.98. The molecule has 0 amide bonds. The molecule has 0 aliphatic heterocycles. The number of aliphatic imine (C=N–C) groups is 1. The Kier molecular flexibility index (Phi) is 6.63. The van der Waals surface area contributed by atoms with Crippen LogP contribution in [0.5, 0.6) is 0 Å². The summed E-state index contributed by atoms with van der Waals surface area (Å²) in [6.07, 6.45) is 1.03. The second kappa shape index (κ2) is 8.96. The Morgan fingerprint density at radius 1 is 1.04 bits per heavy atom. The molecule has 0 unspecified atom stereocenters. The van der Waals surface area contributed by atoms with Crippen LogP contribution in [-0.2, 0) is 24.3 Å². The summed E-state index contributed by atoms with van der Waals surface area (Å²) < 4.78 is 5.49. The molecule has 0 heterocycles. The third-order valence-electron chi connectivity index (χ3n) is 3.63. The molecule has 2 aromatic rings. The van der Waals surface area contributed by atoms with Crippen molar-refractivity contribution >= 4 is 11.6 Å². The number of nitrogens with zero attached hydrogens (tertiary/aromatic N) is 1. The van der Waals surface area contributed by atoms with Crippen molar-refractivity contribution < 1.29 is 4.74 Å². The number of hydrogen-bond acceptors (Lipinski definition) is 2. The van der Waals surface area contributed by atoms with Crippen LogP contribution < -0.4 is 11.1 Å². The average Bonchev–Trinajstić information content (AvgIpc) is 2.59. The summed E-state index contributed by atoms with van der Waals surface area (Å²) in [5.74, 6) is 0.417. The Hall–Kier alpha value is -2.33. The number of aryl methyl sites for hydroxylation is 1. The van der Waals surface area contributed by atoms with Gasteiger partial charge in [0.25, 0.3) is 0 Å². The molecule has 2 rings (SSSR count). The van der Waals surface area contributed by atoms with Crippen molar-refractivity contribution in [1.82, 2.24) is 0 Å². The third-order valence-corrected chi connectivity index (χ3v) is 3.63. The largest absolute Gasteiger partial charge is 0.377 e. The molecule has 122 valence electrons. The molecule has 0 spiro atoms. The molecule has 0 fully saturated rings. The summed E-state index contributed by atoms with van der Waals surface area (Å²) in [5.41, 5.74) is 10.5. The lowest BCUT2D eigenvalue weighted by molar-refractivity contribution is 0.133. The topological polar surface area (TPSA) is 59.6 Å². The number of ether oxygens (including phenoxy) is 1. The minimum Gasteiger partial charge on any atom is -0.377 e. The van der Waals surface area contributed by atoms with Gasteiger partial charge in [-0.25, -0.2) is 4.99 Å². The van der Waals surface area contributed by atoms with Crippen molar-refractivity contribution in [2.24, 2.45) is 10.7 Å². The van der Waals surface area contributed by atoms with Gasteiger partial charge in [-0.2, -0.15) is 0 Å². The zero-order valence-corrected chi connectivity index (χ0v) is 13.9. The van der Waals surface area contributed by atoms with Gasteiger partial charge >= 0.3 is 0 Å². The summed E-state index contributed by atoms with van der Waals surface area (Å²) in [5, 5.41) is 3.12. The lowest BCUT2D eigenvalue weighted by Crippen LogP contribution is -2.22. The van der Waals surface area contributed by atoms with Crippen molar-refractivity contribution in [2.75, 3.05) is 11.9 Å². The van der Waals surface area contributed by atoms with Crippen molar-refractivity contribution in [2.45, 2.75) is 33.4 Å². The van der Waals surface area contributed by atoms with Gasteiger partial charge in [0.2, 0.25) is 0 Å². The standard InChI is InChI=1S/C19H25N3O/c1-3-15-9-11-18(12-10-15)22-19(20)21-13-16-7-5-6-8-17(16)14-23-4-2/h5-12H,3-4,13-14H2,1-2H3,(H3,20,21,22). The molecule has 0 aliphatic carbocycles. The Balaban J connectivity index is 1.98. The van der Waals surface area contributed by atoms with Crippen molar-refractivity contribution in [3.05, 3.63) is 65.2 Å². The zero-order valence-electron chi connectivity index (χ0n) is 13.9. The van der Waals surface area contributed by atoms with Gasteiger partial charge in [0.1, 0.15) is 0 Å². The summed E-state index contributed by atoms with van der Waals surface area (Å²) in [6.45, 7) is 5.97. The minimum absolute atomic E-state index is 0.417. The van der Waals surface area contributed by atoms with E-state index in [1.807, 2.05) is 31.2 Å². The second-order valence-corrected chi connectivity index (χ2v) is 5.28. The Morgan fingerprint density at radius 2 is 1.74 bits per heavy atom. The first-order chi connectivity index (χ1) is 11.2. The summed E-state index contributed by atoms with van der Waals surface area (Å²) in [4.78, 5) is 4.43. The summed E-state index contributed by atoms with van der Waals surface area (Å²) in [7, 11) is 0. The number of nitrogens with one attached hydrogen (secondary N) is 1. The lowest BCUT2D eigenvalue weighted by atomic mass is 10.1. The summed E-state index contributed by atoms with van der Waals surface area (Å²) >= 11 is 0. The Labute approximate surface area is 138 Å². The Bertz CT molecular complexity index is 635. The van der Waals surface area contributed by atoms with Crippen LogP contribution in [0, 0.1) is 0 Å². The number of benzene rings is 2. The van der Waals surface area contributed by atoms with Crippen LogP contribution in [0.2, 0.25) is 0 Å². The van der Waals surface area contributed by atoms with Gasteiger partial charge in [0, 0.05) is 12.3 Å². The maximum Gasteiger partial charge on any atom is 0.193 e. The molecule has 0 bridgehead atoms. The minimum atomic E-state index is 0.417. The quantitative estimate of drug-likeness (QED) is 0.605. The number of anilines is 1. The predicted molar refractivity (Wildman–Crippen MR) is 96.5 cm³/mol. The van der Waals surface area contributed by atoms with Crippen LogP contribution in [0.15, 0.2) is 53.5 Å². The van der Waals surface area contributed by atoms with Gasteiger partial charge in [0.15, 0.2) is 5.96 Å².